The van der Waals surface area contributed by atoms with Gasteiger partial charge in [0.2, 0.25) is 0 Å². The zero-order chi connectivity index (χ0) is 9.90. The molecular formula is C8H14N2O3. The summed E-state index contributed by atoms with van der Waals surface area (Å²) in [6.45, 7) is 2.58. The van der Waals surface area contributed by atoms with Gasteiger partial charge in [0.15, 0.2) is 5.60 Å². The highest BCUT2D eigenvalue weighted by Gasteiger charge is 2.41. The van der Waals surface area contributed by atoms with Crippen LogP contribution >= 0.6 is 0 Å². The highest BCUT2D eigenvalue weighted by atomic mass is 16.6. The number of piperidine rings is 1. The van der Waals surface area contributed by atoms with E-state index in [1.807, 2.05) is 0 Å². The highest BCUT2D eigenvalue weighted by Crippen LogP contribution is 2.22. The van der Waals surface area contributed by atoms with Crippen LogP contribution in [0.3, 0.4) is 0 Å². The van der Waals surface area contributed by atoms with E-state index < -0.39 is 17.5 Å². The summed E-state index contributed by atoms with van der Waals surface area (Å²) in [5.41, 5.74) is 4.13. The standard InChI is InChI=1S/C8H14N2O3/c1-6(11)13-8(7(9)12)2-4-10-5-3-8/h10H,2-5H2,1H3,(H2,9,12). The van der Waals surface area contributed by atoms with Crippen molar-refractivity contribution in [2.24, 2.45) is 5.73 Å². The summed E-state index contributed by atoms with van der Waals surface area (Å²) in [4.78, 5) is 21.9. The Morgan fingerprint density at radius 3 is 2.31 bits per heavy atom. The van der Waals surface area contributed by atoms with E-state index in [1.54, 1.807) is 0 Å². The van der Waals surface area contributed by atoms with Crippen molar-refractivity contribution in [2.45, 2.75) is 25.4 Å². The molecule has 5 nitrogen and oxygen atoms in total. The molecule has 0 atom stereocenters. The molecule has 0 aromatic carbocycles. The summed E-state index contributed by atoms with van der Waals surface area (Å²) < 4.78 is 4.99. The van der Waals surface area contributed by atoms with Gasteiger partial charge in [-0.15, -0.1) is 0 Å². The van der Waals surface area contributed by atoms with Gasteiger partial charge < -0.3 is 15.8 Å². The van der Waals surface area contributed by atoms with Gasteiger partial charge in [0.1, 0.15) is 0 Å². The zero-order valence-electron chi connectivity index (χ0n) is 7.63. The lowest BCUT2D eigenvalue weighted by Crippen LogP contribution is -2.53. The van der Waals surface area contributed by atoms with Crippen LogP contribution in [0.1, 0.15) is 19.8 Å². The van der Waals surface area contributed by atoms with Gasteiger partial charge in [-0.05, 0) is 13.1 Å². The van der Waals surface area contributed by atoms with E-state index in [0.29, 0.717) is 25.9 Å². The Hall–Kier alpha value is -1.10. The first-order valence-electron chi connectivity index (χ1n) is 4.27. The van der Waals surface area contributed by atoms with Crippen molar-refractivity contribution < 1.29 is 14.3 Å². The Labute approximate surface area is 76.6 Å². The van der Waals surface area contributed by atoms with E-state index >= 15 is 0 Å². The molecule has 1 fully saturated rings. The topological polar surface area (TPSA) is 81.4 Å². The van der Waals surface area contributed by atoms with Crippen molar-refractivity contribution >= 4 is 11.9 Å². The molecule has 0 saturated carbocycles. The fraction of sp³-hybridized carbons (Fsp3) is 0.750. The number of carbonyl (C=O) groups is 2. The number of rotatable bonds is 2. The summed E-state index contributed by atoms with van der Waals surface area (Å²) >= 11 is 0. The van der Waals surface area contributed by atoms with Crippen LogP contribution < -0.4 is 11.1 Å². The van der Waals surface area contributed by atoms with Gasteiger partial charge in [0, 0.05) is 19.8 Å². The van der Waals surface area contributed by atoms with Crippen LogP contribution in [0, 0.1) is 0 Å². The number of amides is 1. The minimum absolute atomic E-state index is 0.458. The van der Waals surface area contributed by atoms with Crippen molar-refractivity contribution in [3.05, 3.63) is 0 Å². The Kier molecular flexibility index (Phi) is 2.87. The molecule has 0 bridgehead atoms. The molecule has 0 aromatic heterocycles. The number of nitrogens with two attached hydrogens (primary N) is 1. The predicted molar refractivity (Wildman–Crippen MR) is 45.8 cm³/mol. The fourth-order valence-electron chi connectivity index (χ4n) is 1.50. The van der Waals surface area contributed by atoms with Gasteiger partial charge in [0.25, 0.3) is 5.91 Å². The van der Waals surface area contributed by atoms with E-state index in [-0.39, 0.29) is 0 Å². The second kappa shape index (κ2) is 3.74. The van der Waals surface area contributed by atoms with Crippen molar-refractivity contribution in [1.82, 2.24) is 5.32 Å². The summed E-state index contributed by atoms with van der Waals surface area (Å²) in [6, 6.07) is 0. The molecule has 1 rings (SSSR count). The van der Waals surface area contributed by atoms with E-state index in [0.717, 1.165) is 0 Å². The molecular weight excluding hydrogens is 172 g/mol. The molecule has 1 heterocycles. The van der Waals surface area contributed by atoms with Crippen LogP contribution in [0.25, 0.3) is 0 Å². The number of ether oxygens (including phenoxy) is 1. The van der Waals surface area contributed by atoms with Crippen LogP contribution in [0.15, 0.2) is 0 Å². The molecule has 0 aliphatic carbocycles. The van der Waals surface area contributed by atoms with Crippen molar-refractivity contribution in [3.63, 3.8) is 0 Å². The molecule has 1 amide bonds. The number of primary amides is 1. The molecule has 0 radical (unpaired) electrons. The third kappa shape index (κ3) is 2.18. The highest BCUT2D eigenvalue weighted by molar-refractivity contribution is 5.86. The quantitative estimate of drug-likeness (QED) is 0.551. The Morgan fingerprint density at radius 2 is 1.92 bits per heavy atom. The molecule has 1 aliphatic heterocycles. The first-order chi connectivity index (χ1) is 6.07. The first kappa shape index (κ1) is 9.98. The van der Waals surface area contributed by atoms with Gasteiger partial charge in [0.05, 0.1) is 0 Å². The van der Waals surface area contributed by atoms with Gasteiger partial charge in [-0.1, -0.05) is 0 Å². The lowest BCUT2D eigenvalue weighted by molar-refractivity contribution is -0.168. The van der Waals surface area contributed by atoms with E-state index in [4.69, 9.17) is 10.5 Å². The first-order valence-corrected chi connectivity index (χ1v) is 4.27. The zero-order valence-corrected chi connectivity index (χ0v) is 7.63. The SMILES string of the molecule is CC(=O)OC1(C(N)=O)CCNCC1. The van der Waals surface area contributed by atoms with E-state index in [1.165, 1.54) is 6.92 Å². The van der Waals surface area contributed by atoms with Crippen molar-refractivity contribution in [2.75, 3.05) is 13.1 Å². The average Bonchev–Trinajstić information content (AvgIpc) is 2.04. The molecule has 5 heteroatoms. The Balaban J connectivity index is 2.73. The number of hydrogen-bond acceptors (Lipinski definition) is 4. The molecule has 0 aromatic rings. The van der Waals surface area contributed by atoms with Crippen LogP contribution in [0.4, 0.5) is 0 Å². The molecule has 1 aliphatic rings. The summed E-state index contributed by atoms with van der Waals surface area (Å²) in [5.74, 6) is -1.01. The number of esters is 1. The second-order valence-electron chi connectivity index (χ2n) is 3.20. The van der Waals surface area contributed by atoms with Gasteiger partial charge in [-0.25, -0.2) is 0 Å². The lowest BCUT2D eigenvalue weighted by atomic mass is 9.91. The van der Waals surface area contributed by atoms with Crippen LogP contribution in [0.2, 0.25) is 0 Å². The smallest absolute Gasteiger partial charge is 0.303 e. The Bertz CT molecular complexity index is 221. The molecule has 1 saturated heterocycles. The van der Waals surface area contributed by atoms with Gasteiger partial charge in [-0.3, -0.25) is 9.59 Å². The van der Waals surface area contributed by atoms with Gasteiger partial charge >= 0.3 is 5.97 Å². The number of nitrogens with one attached hydrogen (secondary N) is 1. The average molecular weight is 186 g/mol. The van der Waals surface area contributed by atoms with Crippen molar-refractivity contribution in [1.29, 1.82) is 0 Å². The number of hydrogen-bond donors (Lipinski definition) is 2. The van der Waals surface area contributed by atoms with Crippen LogP contribution in [-0.4, -0.2) is 30.6 Å². The van der Waals surface area contributed by atoms with Gasteiger partial charge in [-0.2, -0.15) is 0 Å². The fourth-order valence-corrected chi connectivity index (χ4v) is 1.50. The molecule has 0 unspecified atom stereocenters. The number of carbonyl (C=O) groups excluding carboxylic acids is 2. The Morgan fingerprint density at radius 1 is 1.38 bits per heavy atom. The summed E-state index contributed by atoms with van der Waals surface area (Å²) in [7, 11) is 0. The third-order valence-corrected chi connectivity index (χ3v) is 2.20. The maximum Gasteiger partial charge on any atom is 0.303 e. The second-order valence-corrected chi connectivity index (χ2v) is 3.20. The van der Waals surface area contributed by atoms with E-state index in [2.05, 4.69) is 5.32 Å². The van der Waals surface area contributed by atoms with Crippen LogP contribution in [0.5, 0.6) is 0 Å². The molecule has 0 spiro atoms. The largest absolute Gasteiger partial charge is 0.449 e. The lowest BCUT2D eigenvalue weighted by Gasteiger charge is -2.33. The summed E-state index contributed by atoms with van der Waals surface area (Å²) in [6.07, 6.45) is 0.920. The maximum atomic E-state index is 11.1. The molecule has 3 N–H and O–H groups in total. The minimum atomic E-state index is -1.07. The predicted octanol–water partition coefficient (Wildman–Crippen LogP) is -0.843. The molecule has 13 heavy (non-hydrogen) atoms. The molecule has 74 valence electrons. The minimum Gasteiger partial charge on any atom is -0.449 e. The normalized spacial score (nSPS) is 20.7. The third-order valence-electron chi connectivity index (χ3n) is 2.20. The monoisotopic (exact) mass is 186 g/mol. The summed E-state index contributed by atoms with van der Waals surface area (Å²) in [5, 5.41) is 3.07. The van der Waals surface area contributed by atoms with Crippen molar-refractivity contribution in [3.8, 4) is 0 Å². The van der Waals surface area contributed by atoms with Crippen LogP contribution in [-0.2, 0) is 14.3 Å². The van der Waals surface area contributed by atoms with E-state index in [9.17, 15) is 9.59 Å². The maximum absolute atomic E-state index is 11.1.